The molecule has 1 heterocycles. The van der Waals surface area contributed by atoms with Gasteiger partial charge in [-0.2, -0.15) is 4.98 Å². The number of halogens is 1. The van der Waals surface area contributed by atoms with Gasteiger partial charge in [-0.15, -0.1) is 0 Å². The van der Waals surface area contributed by atoms with E-state index in [4.69, 9.17) is 10.3 Å². The van der Waals surface area contributed by atoms with Gasteiger partial charge >= 0.3 is 0 Å². The molecule has 3 aromatic carbocycles. The predicted molar refractivity (Wildman–Crippen MR) is 147 cm³/mol. The van der Waals surface area contributed by atoms with Crippen molar-refractivity contribution >= 4 is 21.6 Å². The van der Waals surface area contributed by atoms with E-state index in [0.717, 1.165) is 16.1 Å². The highest BCUT2D eigenvalue weighted by molar-refractivity contribution is 7.92. The van der Waals surface area contributed by atoms with Gasteiger partial charge in [0.15, 0.2) is 5.82 Å². The monoisotopic (exact) mass is 551 g/mol. The van der Waals surface area contributed by atoms with Crippen molar-refractivity contribution in [3.8, 4) is 11.5 Å². The van der Waals surface area contributed by atoms with Gasteiger partial charge in [-0.25, -0.2) is 12.8 Å². The van der Waals surface area contributed by atoms with Crippen LogP contribution in [0.4, 0.5) is 10.1 Å². The number of nitrogens with one attached hydrogen (secondary N) is 1. The zero-order valence-corrected chi connectivity index (χ0v) is 22.9. The first-order valence-electron chi connectivity index (χ1n) is 12.2. The molecule has 204 valence electrons. The number of carbonyl (C=O) groups excluding carboxylic acids is 1. The number of sulfonamides is 1. The van der Waals surface area contributed by atoms with E-state index in [1.54, 1.807) is 32.0 Å². The lowest BCUT2D eigenvalue weighted by atomic mass is 9.93. The summed E-state index contributed by atoms with van der Waals surface area (Å²) < 4.78 is 44.5. The van der Waals surface area contributed by atoms with Gasteiger partial charge < -0.3 is 15.6 Å². The number of anilines is 1. The zero-order valence-electron chi connectivity index (χ0n) is 22.1. The Bertz CT molecular complexity index is 1570. The first-order valence-corrected chi connectivity index (χ1v) is 14.0. The van der Waals surface area contributed by atoms with Gasteiger partial charge in [-0.1, -0.05) is 47.6 Å². The molecule has 1 aromatic heterocycles. The van der Waals surface area contributed by atoms with Gasteiger partial charge in [0.25, 0.3) is 11.8 Å². The summed E-state index contributed by atoms with van der Waals surface area (Å²) in [4.78, 5) is 17.7. The third kappa shape index (κ3) is 6.68. The molecule has 0 aliphatic carbocycles. The van der Waals surface area contributed by atoms with Crippen LogP contribution >= 0.6 is 0 Å². The number of nitrogens with zero attached hydrogens (tertiary/aromatic N) is 3. The van der Waals surface area contributed by atoms with E-state index in [9.17, 15) is 17.6 Å². The molecule has 0 aliphatic heterocycles. The summed E-state index contributed by atoms with van der Waals surface area (Å²) in [5.74, 6) is -0.503. The second-order valence-corrected chi connectivity index (χ2v) is 11.8. The lowest BCUT2D eigenvalue weighted by molar-refractivity contribution is 0.0940. The highest BCUT2D eigenvalue weighted by Gasteiger charge is 2.29. The van der Waals surface area contributed by atoms with Crippen LogP contribution in [0, 0.1) is 5.82 Å². The number of aromatic nitrogens is 2. The van der Waals surface area contributed by atoms with Crippen molar-refractivity contribution in [3.63, 3.8) is 0 Å². The zero-order chi connectivity index (χ0) is 28.4. The number of amides is 1. The number of hydrogen-bond acceptors (Lipinski definition) is 7. The molecule has 3 N–H and O–H groups in total. The number of benzene rings is 3. The minimum Gasteiger partial charge on any atom is -0.346 e. The first-order chi connectivity index (χ1) is 18.3. The molecule has 0 saturated carbocycles. The summed E-state index contributed by atoms with van der Waals surface area (Å²) in [6.45, 7) is 3.55. The summed E-state index contributed by atoms with van der Waals surface area (Å²) in [5.41, 5.74) is 8.04. The van der Waals surface area contributed by atoms with Crippen molar-refractivity contribution in [2.75, 3.05) is 17.6 Å². The van der Waals surface area contributed by atoms with E-state index >= 15 is 0 Å². The maximum Gasteiger partial charge on any atom is 0.258 e. The fourth-order valence-corrected chi connectivity index (χ4v) is 4.51. The molecule has 0 saturated heterocycles. The molecule has 2 atom stereocenters. The third-order valence-corrected chi connectivity index (χ3v) is 7.56. The van der Waals surface area contributed by atoms with E-state index in [1.165, 1.54) is 31.3 Å². The Labute approximate surface area is 226 Å². The molecule has 0 fully saturated rings. The summed E-state index contributed by atoms with van der Waals surface area (Å²) in [7, 11) is -2.26. The molecule has 0 unspecified atom stereocenters. The van der Waals surface area contributed by atoms with E-state index in [1.807, 2.05) is 30.3 Å². The molecule has 9 nitrogen and oxygen atoms in total. The van der Waals surface area contributed by atoms with Crippen LogP contribution in [-0.2, 0) is 22.0 Å². The Balaban J connectivity index is 1.67. The molecule has 1 amide bonds. The Morgan fingerprint density at radius 1 is 1.13 bits per heavy atom. The molecular weight excluding hydrogens is 521 g/mol. The second kappa shape index (κ2) is 11.0. The minimum absolute atomic E-state index is 0.0825. The molecule has 0 aliphatic rings. The molecule has 11 heteroatoms. The molecule has 4 aromatic rings. The van der Waals surface area contributed by atoms with Crippen LogP contribution < -0.4 is 15.4 Å². The first kappa shape index (κ1) is 27.9. The topological polar surface area (TPSA) is 131 Å². The van der Waals surface area contributed by atoms with Crippen LogP contribution in [0.3, 0.4) is 0 Å². The van der Waals surface area contributed by atoms with Crippen LogP contribution in [0.15, 0.2) is 77.3 Å². The molecule has 0 bridgehead atoms. The summed E-state index contributed by atoms with van der Waals surface area (Å²) in [5, 5.41) is 6.94. The summed E-state index contributed by atoms with van der Waals surface area (Å²) in [6.07, 6.45) is 1.52. The number of hydrogen-bond donors (Lipinski definition) is 2. The van der Waals surface area contributed by atoms with Crippen molar-refractivity contribution < 1.29 is 22.1 Å². The smallest absolute Gasteiger partial charge is 0.258 e. The van der Waals surface area contributed by atoms with Crippen molar-refractivity contribution in [2.24, 2.45) is 5.73 Å². The van der Waals surface area contributed by atoms with Gasteiger partial charge in [-0.05, 0) is 61.7 Å². The van der Waals surface area contributed by atoms with E-state index in [2.05, 4.69) is 15.5 Å². The van der Waals surface area contributed by atoms with Crippen molar-refractivity contribution in [3.05, 3.63) is 101 Å². The lowest BCUT2D eigenvalue weighted by Crippen LogP contribution is -2.36. The summed E-state index contributed by atoms with van der Waals surface area (Å²) >= 11 is 0. The van der Waals surface area contributed by atoms with Crippen molar-refractivity contribution in [2.45, 2.75) is 31.8 Å². The van der Waals surface area contributed by atoms with Crippen LogP contribution in [0.2, 0.25) is 0 Å². The van der Waals surface area contributed by atoms with Crippen LogP contribution in [0.25, 0.3) is 11.5 Å². The van der Waals surface area contributed by atoms with Crippen LogP contribution in [0.1, 0.15) is 47.2 Å². The molecule has 0 spiro atoms. The average Bonchev–Trinajstić information content (AvgIpc) is 3.40. The highest BCUT2D eigenvalue weighted by Crippen LogP contribution is 2.29. The van der Waals surface area contributed by atoms with Gasteiger partial charge in [0.1, 0.15) is 5.82 Å². The molecular formula is C28H30FN5O4S. The largest absolute Gasteiger partial charge is 0.346 e. The van der Waals surface area contributed by atoms with Gasteiger partial charge in [0.05, 0.1) is 23.5 Å². The van der Waals surface area contributed by atoms with Gasteiger partial charge in [-0.3, -0.25) is 9.10 Å². The van der Waals surface area contributed by atoms with Crippen molar-refractivity contribution in [1.29, 1.82) is 0 Å². The Morgan fingerprint density at radius 2 is 1.79 bits per heavy atom. The quantitative estimate of drug-likeness (QED) is 0.319. The Morgan fingerprint density at radius 3 is 2.44 bits per heavy atom. The Hall–Kier alpha value is -4.09. The minimum atomic E-state index is -3.64. The average molecular weight is 552 g/mol. The molecule has 0 radical (unpaired) electrons. The fourth-order valence-electron chi connectivity index (χ4n) is 4.03. The van der Waals surface area contributed by atoms with Gasteiger partial charge in [0.2, 0.25) is 10.0 Å². The number of rotatable bonds is 9. The maximum atomic E-state index is 13.3. The Kier molecular flexibility index (Phi) is 7.84. The van der Waals surface area contributed by atoms with Crippen molar-refractivity contribution in [1.82, 2.24) is 15.5 Å². The number of carbonyl (C=O) groups is 1. The van der Waals surface area contributed by atoms with Crippen LogP contribution in [0.5, 0.6) is 0 Å². The standard InChI is InChI=1S/C28H30FN5O4S/c1-18(20-10-12-23(29)13-11-20)31-25(35)21-14-22(16-24(15-21)34(3)39(4,36)37)26-32-27(33-38-26)28(2,30)17-19-8-6-5-7-9-19/h5-16,18H,17,30H2,1-4H3,(H,31,35)/t18-,28+/m1/s1. The van der Waals surface area contributed by atoms with E-state index < -0.39 is 27.5 Å². The van der Waals surface area contributed by atoms with E-state index in [0.29, 0.717) is 17.5 Å². The second-order valence-electron chi connectivity index (χ2n) is 9.75. The van der Waals surface area contributed by atoms with Gasteiger partial charge in [0, 0.05) is 18.2 Å². The highest BCUT2D eigenvalue weighted by atomic mass is 32.2. The SMILES string of the molecule is C[C@@H](NC(=O)c1cc(-c2nc([C@@](C)(N)Cc3ccccc3)no2)cc(N(C)S(C)(=O)=O)c1)c1ccc(F)cc1. The maximum absolute atomic E-state index is 13.3. The van der Waals surface area contributed by atoms with Crippen LogP contribution in [-0.4, -0.2) is 37.8 Å². The predicted octanol–water partition coefficient (Wildman–Crippen LogP) is 4.18. The molecule has 39 heavy (non-hydrogen) atoms. The fraction of sp³-hybridized carbons (Fsp3) is 0.250. The molecule has 4 rings (SSSR count). The summed E-state index contributed by atoms with van der Waals surface area (Å²) in [6, 6.07) is 19.5. The number of nitrogens with two attached hydrogens (primary N) is 1. The van der Waals surface area contributed by atoms with E-state index in [-0.39, 0.29) is 28.8 Å². The normalized spacial score (nSPS) is 13.9. The lowest BCUT2D eigenvalue weighted by Gasteiger charge is -2.20. The third-order valence-electron chi connectivity index (χ3n) is 6.36.